The highest BCUT2D eigenvalue weighted by molar-refractivity contribution is 5.91. The van der Waals surface area contributed by atoms with Gasteiger partial charge in [0.1, 0.15) is 17.1 Å². The van der Waals surface area contributed by atoms with Crippen molar-refractivity contribution >= 4 is 11.9 Å². The minimum Gasteiger partial charge on any atom is -0.480 e. The van der Waals surface area contributed by atoms with Crippen LogP contribution in [-0.2, 0) is 4.79 Å². The Bertz CT molecular complexity index is 433. The lowest BCUT2D eigenvalue weighted by Crippen LogP contribution is -2.31. The predicted octanol–water partition coefficient (Wildman–Crippen LogP) is 0.777. The van der Waals surface area contributed by atoms with Gasteiger partial charge >= 0.3 is 5.97 Å². The largest absolute Gasteiger partial charge is 0.480 e. The maximum atomic E-state index is 12.9. The Kier molecular flexibility index (Phi) is 3.44. The molecule has 1 aromatic rings. The van der Waals surface area contributed by atoms with Crippen LogP contribution in [0.3, 0.4) is 0 Å². The second kappa shape index (κ2) is 4.61. The Labute approximate surface area is 90.6 Å². The van der Waals surface area contributed by atoms with Gasteiger partial charge in [-0.15, -0.1) is 0 Å². The van der Waals surface area contributed by atoms with Crippen LogP contribution in [0, 0.1) is 5.82 Å². The third-order valence-corrected chi connectivity index (χ3v) is 1.88. The predicted molar refractivity (Wildman–Crippen MR) is 52.6 cm³/mol. The molecule has 1 atom stereocenters. The highest BCUT2D eigenvalue weighted by atomic mass is 19.1. The number of amides is 1. The van der Waals surface area contributed by atoms with E-state index in [4.69, 9.17) is 15.6 Å². The monoisotopic (exact) mass is 227 g/mol. The average Bonchev–Trinajstić information content (AvgIpc) is 2.16. The van der Waals surface area contributed by atoms with Crippen molar-refractivity contribution in [2.75, 3.05) is 0 Å². The highest BCUT2D eigenvalue weighted by Crippen LogP contribution is 2.21. The number of carboxylic acids is 1. The number of aromatic carboxylic acids is 1. The molecule has 6 heteroatoms. The van der Waals surface area contributed by atoms with E-state index in [0.717, 1.165) is 18.2 Å². The number of hydrogen-bond donors (Lipinski definition) is 2. The van der Waals surface area contributed by atoms with E-state index in [9.17, 15) is 14.0 Å². The van der Waals surface area contributed by atoms with E-state index >= 15 is 0 Å². The molecule has 86 valence electrons. The van der Waals surface area contributed by atoms with Crippen LogP contribution in [0.5, 0.6) is 5.75 Å². The van der Waals surface area contributed by atoms with E-state index in [1.165, 1.54) is 6.92 Å². The topological polar surface area (TPSA) is 89.6 Å². The standard InChI is InChI=1S/C10H10FNO4/c1-5(9(12)13)16-8-4-6(11)2-3-7(8)10(14)15/h2-5H,1H3,(H2,12,13)(H,14,15). The first-order valence-corrected chi connectivity index (χ1v) is 4.40. The number of carbonyl (C=O) groups is 2. The lowest BCUT2D eigenvalue weighted by molar-refractivity contribution is -0.124. The quantitative estimate of drug-likeness (QED) is 0.795. The number of carbonyl (C=O) groups excluding carboxylic acids is 1. The first-order chi connectivity index (χ1) is 7.41. The second-order valence-corrected chi connectivity index (χ2v) is 3.11. The molecule has 0 saturated carbocycles. The molecule has 0 bridgehead atoms. The molecule has 0 aliphatic carbocycles. The summed E-state index contributed by atoms with van der Waals surface area (Å²) < 4.78 is 17.8. The van der Waals surface area contributed by atoms with Gasteiger partial charge in [-0.25, -0.2) is 9.18 Å². The van der Waals surface area contributed by atoms with E-state index < -0.39 is 23.8 Å². The van der Waals surface area contributed by atoms with Crippen molar-refractivity contribution in [2.45, 2.75) is 13.0 Å². The van der Waals surface area contributed by atoms with Crippen LogP contribution < -0.4 is 10.5 Å². The molecule has 1 aromatic carbocycles. The van der Waals surface area contributed by atoms with Crippen molar-refractivity contribution in [1.29, 1.82) is 0 Å². The van der Waals surface area contributed by atoms with Gasteiger partial charge in [0.15, 0.2) is 6.10 Å². The van der Waals surface area contributed by atoms with E-state index in [-0.39, 0.29) is 11.3 Å². The lowest BCUT2D eigenvalue weighted by Gasteiger charge is -2.13. The van der Waals surface area contributed by atoms with Crippen LogP contribution in [0.2, 0.25) is 0 Å². The summed E-state index contributed by atoms with van der Waals surface area (Å²) in [5, 5.41) is 8.79. The maximum absolute atomic E-state index is 12.9. The van der Waals surface area contributed by atoms with Crippen molar-refractivity contribution in [3.8, 4) is 5.75 Å². The van der Waals surface area contributed by atoms with Gasteiger partial charge in [-0.3, -0.25) is 4.79 Å². The molecular formula is C10H10FNO4. The van der Waals surface area contributed by atoms with Gasteiger partial charge in [-0.1, -0.05) is 0 Å². The van der Waals surface area contributed by atoms with E-state index in [0.29, 0.717) is 0 Å². The van der Waals surface area contributed by atoms with Gasteiger partial charge in [0.25, 0.3) is 5.91 Å². The molecule has 0 aliphatic heterocycles. The molecule has 1 amide bonds. The Morgan fingerprint density at radius 1 is 1.50 bits per heavy atom. The van der Waals surface area contributed by atoms with E-state index in [1.807, 2.05) is 0 Å². The zero-order chi connectivity index (χ0) is 12.3. The number of halogens is 1. The minimum absolute atomic E-state index is 0.223. The van der Waals surface area contributed by atoms with Crippen LogP contribution in [0.15, 0.2) is 18.2 Å². The third kappa shape index (κ3) is 2.69. The number of nitrogens with two attached hydrogens (primary N) is 1. The Hall–Kier alpha value is -2.11. The molecular weight excluding hydrogens is 217 g/mol. The van der Waals surface area contributed by atoms with Gasteiger partial charge in [0, 0.05) is 6.07 Å². The van der Waals surface area contributed by atoms with Gasteiger partial charge in [0.2, 0.25) is 0 Å². The SMILES string of the molecule is CC(Oc1cc(F)ccc1C(=O)O)C(N)=O. The van der Waals surface area contributed by atoms with Crippen molar-refractivity contribution in [2.24, 2.45) is 5.73 Å². The van der Waals surface area contributed by atoms with Crippen LogP contribution in [0.1, 0.15) is 17.3 Å². The summed E-state index contributed by atoms with van der Waals surface area (Å²) in [4.78, 5) is 21.5. The minimum atomic E-state index is -1.27. The van der Waals surface area contributed by atoms with Crippen LogP contribution in [0.4, 0.5) is 4.39 Å². The molecule has 0 aliphatic rings. The molecule has 3 N–H and O–H groups in total. The van der Waals surface area contributed by atoms with Crippen LogP contribution in [0.25, 0.3) is 0 Å². The summed E-state index contributed by atoms with van der Waals surface area (Å²) in [7, 11) is 0. The van der Waals surface area contributed by atoms with Crippen LogP contribution in [-0.4, -0.2) is 23.1 Å². The molecule has 1 rings (SSSR count). The molecule has 5 nitrogen and oxygen atoms in total. The summed E-state index contributed by atoms with van der Waals surface area (Å²) in [6.07, 6.45) is -1.03. The van der Waals surface area contributed by atoms with Crippen molar-refractivity contribution in [3.05, 3.63) is 29.6 Å². The van der Waals surface area contributed by atoms with Gasteiger partial charge in [-0.2, -0.15) is 0 Å². The fourth-order valence-electron chi connectivity index (χ4n) is 1.02. The summed E-state index contributed by atoms with van der Waals surface area (Å²) >= 11 is 0. The summed E-state index contributed by atoms with van der Waals surface area (Å²) in [5.74, 6) is -2.91. The third-order valence-electron chi connectivity index (χ3n) is 1.88. The number of carboxylic acid groups (broad SMARTS) is 1. The Balaban J connectivity index is 3.05. The zero-order valence-corrected chi connectivity index (χ0v) is 8.44. The molecule has 1 unspecified atom stereocenters. The first kappa shape index (κ1) is 12.0. The number of rotatable bonds is 4. The molecule has 0 saturated heterocycles. The summed E-state index contributed by atoms with van der Waals surface area (Å²) in [5.41, 5.74) is 4.72. The fraction of sp³-hybridized carbons (Fsp3) is 0.200. The van der Waals surface area contributed by atoms with Gasteiger partial charge in [-0.05, 0) is 19.1 Å². The Morgan fingerprint density at radius 3 is 2.62 bits per heavy atom. The smallest absolute Gasteiger partial charge is 0.339 e. The highest BCUT2D eigenvalue weighted by Gasteiger charge is 2.17. The molecule has 0 heterocycles. The first-order valence-electron chi connectivity index (χ1n) is 4.40. The molecule has 0 aromatic heterocycles. The normalized spacial score (nSPS) is 11.9. The second-order valence-electron chi connectivity index (χ2n) is 3.11. The fourth-order valence-corrected chi connectivity index (χ4v) is 1.02. The number of ether oxygens (including phenoxy) is 1. The molecule has 0 fully saturated rings. The maximum Gasteiger partial charge on any atom is 0.339 e. The zero-order valence-electron chi connectivity index (χ0n) is 8.44. The van der Waals surface area contributed by atoms with Crippen molar-refractivity contribution in [1.82, 2.24) is 0 Å². The lowest BCUT2D eigenvalue weighted by atomic mass is 10.2. The van der Waals surface area contributed by atoms with Gasteiger partial charge < -0.3 is 15.6 Å². The summed E-state index contributed by atoms with van der Waals surface area (Å²) in [6.45, 7) is 1.35. The molecule has 0 radical (unpaired) electrons. The number of primary amides is 1. The van der Waals surface area contributed by atoms with Crippen molar-refractivity contribution < 1.29 is 23.8 Å². The van der Waals surface area contributed by atoms with E-state index in [2.05, 4.69) is 0 Å². The summed E-state index contributed by atoms with van der Waals surface area (Å²) in [6, 6.07) is 2.94. The van der Waals surface area contributed by atoms with Gasteiger partial charge in [0.05, 0.1) is 0 Å². The van der Waals surface area contributed by atoms with Crippen molar-refractivity contribution in [3.63, 3.8) is 0 Å². The van der Waals surface area contributed by atoms with Crippen LogP contribution >= 0.6 is 0 Å². The Morgan fingerprint density at radius 2 is 2.12 bits per heavy atom. The molecule has 16 heavy (non-hydrogen) atoms. The number of benzene rings is 1. The van der Waals surface area contributed by atoms with E-state index in [1.54, 1.807) is 0 Å². The average molecular weight is 227 g/mol. The number of hydrogen-bond acceptors (Lipinski definition) is 3. The molecule has 0 spiro atoms.